The highest BCUT2D eigenvalue weighted by atomic mass is 16.3. The quantitative estimate of drug-likeness (QED) is 0.824. The molecule has 0 bridgehead atoms. The predicted molar refractivity (Wildman–Crippen MR) is 96.9 cm³/mol. The van der Waals surface area contributed by atoms with Crippen molar-refractivity contribution < 1.29 is 9.21 Å². The molecule has 1 amide bonds. The fourth-order valence-corrected chi connectivity index (χ4v) is 3.50. The molecule has 1 unspecified atom stereocenters. The maximum absolute atomic E-state index is 12.7. The summed E-state index contributed by atoms with van der Waals surface area (Å²) in [6.45, 7) is 7.35. The number of rotatable bonds is 5. The number of para-hydroxylation sites is 1. The van der Waals surface area contributed by atoms with Crippen LogP contribution in [-0.2, 0) is 4.79 Å². The Morgan fingerprint density at radius 3 is 2.58 bits per heavy atom. The maximum Gasteiger partial charge on any atom is 0.236 e. The van der Waals surface area contributed by atoms with Crippen LogP contribution in [0.5, 0.6) is 0 Å². The minimum atomic E-state index is 0.0957. The Labute approximate surface area is 144 Å². The van der Waals surface area contributed by atoms with Crippen LogP contribution >= 0.6 is 0 Å². The lowest BCUT2D eigenvalue weighted by Crippen LogP contribution is -2.41. The highest BCUT2D eigenvalue weighted by Crippen LogP contribution is 2.27. The van der Waals surface area contributed by atoms with E-state index in [0.29, 0.717) is 6.54 Å². The summed E-state index contributed by atoms with van der Waals surface area (Å²) in [4.78, 5) is 16.9. The lowest BCUT2D eigenvalue weighted by atomic mass is 10.2. The average Bonchev–Trinajstić information content (AvgIpc) is 2.84. The van der Waals surface area contributed by atoms with E-state index in [0.717, 1.165) is 49.2 Å². The highest BCUT2D eigenvalue weighted by molar-refractivity contribution is 5.79. The lowest BCUT2D eigenvalue weighted by Gasteiger charge is -2.29. The van der Waals surface area contributed by atoms with Crippen molar-refractivity contribution in [2.75, 3.05) is 26.2 Å². The fourth-order valence-electron chi connectivity index (χ4n) is 3.50. The van der Waals surface area contributed by atoms with E-state index in [1.807, 2.05) is 23.1 Å². The number of benzene rings is 1. The number of furan rings is 1. The number of fused-ring (bicyclic) bond motifs is 1. The minimum Gasteiger partial charge on any atom is -0.459 e. The number of likely N-dealkylation sites (tertiary alicyclic amines) is 1. The molecule has 0 spiro atoms. The second kappa shape index (κ2) is 7.84. The first kappa shape index (κ1) is 17.0. The molecule has 4 heteroatoms. The van der Waals surface area contributed by atoms with Crippen LogP contribution < -0.4 is 0 Å². The number of nitrogens with zero attached hydrogens (tertiary/aromatic N) is 2. The zero-order valence-electron chi connectivity index (χ0n) is 14.8. The van der Waals surface area contributed by atoms with Crippen LogP contribution in [0.4, 0.5) is 0 Å². The fraction of sp³-hybridized carbons (Fsp3) is 0.550. The van der Waals surface area contributed by atoms with Gasteiger partial charge in [0.2, 0.25) is 5.91 Å². The Bertz CT molecular complexity index is 638. The van der Waals surface area contributed by atoms with Gasteiger partial charge in [0.25, 0.3) is 0 Å². The highest BCUT2D eigenvalue weighted by Gasteiger charge is 2.23. The molecule has 1 saturated heterocycles. The Morgan fingerprint density at radius 1 is 1.21 bits per heavy atom. The van der Waals surface area contributed by atoms with E-state index >= 15 is 0 Å². The second-order valence-electron chi connectivity index (χ2n) is 6.72. The van der Waals surface area contributed by atoms with Crippen molar-refractivity contribution in [3.05, 3.63) is 36.1 Å². The molecule has 0 saturated carbocycles. The minimum absolute atomic E-state index is 0.0957. The standard InChI is InChI=1S/C20H28N2O2/c1-3-21(15-20(23)22-12-8-4-5-9-13-22)16(2)19-14-17-10-6-7-11-18(17)24-19/h6-7,10-11,14,16H,3-5,8-9,12-13,15H2,1-2H3. The molecule has 1 aliphatic rings. The Hall–Kier alpha value is -1.81. The summed E-state index contributed by atoms with van der Waals surface area (Å²) >= 11 is 0. The van der Waals surface area contributed by atoms with Crippen molar-refractivity contribution >= 4 is 16.9 Å². The van der Waals surface area contributed by atoms with Gasteiger partial charge in [-0.05, 0) is 38.4 Å². The smallest absolute Gasteiger partial charge is 0.236 e. The van der Waals surface area contributed by atoms with Crippen molar-refractivity contribution in [1.29, 1.82) is 0 Å². The SMILES string of the molecule is CCN(CC(=O)N1CCCCCC1)C(C)c1cc2ccccc2o1. The topological polar surface area (TPSA) is 36.7 Å². The molecule has 2 aromatic rings. The van der Waals surface area contributed by atoms with Gasteiger partial charge in [0.1, 0.15) is 11.3 Å². The Balaban J connectivity index is 1.69. The molecule has 4 nitrogen and oxygen atoms in total. The molecule has 1 fully saturated rings. The predicted octanol–water partition coefficient (Wildman–Crippen LogP) is 4.22. The van der Waals surface area contributed by atoms with Crippen LogP contribution in [0, 0.1) is 0 Å². The molecule has 1 aliphatic heterocycles. The normalized spacial score (nSPS) is 17.2. The molecule has 0 aliphatic carbocycles. The molecular weight excluding hydrogens is 300 g/mol. The number of carbonyl (C=O) groups excluding carboxylic acids is 1. The van der Waals surface area contributed by atoms with Gasteiger partial charge in [-0.15, -0.1) is 0 Å². The molecule has 1 atom stereocenters. The summed E-state index contributed by atoms with van der Waals surface area (Å²) in [7, 11) is 0. The number of likely N-dealkylation sites (N-methyl/N-ethyl adjacent to an activating group) is 1. The third-order valence-corrected chi connectivity index (χ3v) is 5.11. The lowest BCUT2D eigenvalue weighted by molar-refractivity contribution is -0.133. The molecule has 24 heavy (non-hydrogen) atoms. The zero-order chi connectivity index (χ0) is 16.9. The average molecular weight is 328 g/mol. The van der Waals surface area contributed by atoms with Crippen LogP contribution in [0.2, 0.25) is 0 Å². The summed E-state index contributed by atoms with van der Waals surface area (Å²) in [5.74, 6) is 1.18. The van der Waals surface area contributed by atoms with Gasteiger partial charge in [-0.2, -0.15) is 0 Å². The first-order valence-electron chi connectivity index (χ1n) is 9.19. The monoisotopic (exact) mass is 328 g/mol. The number of hydrogen-bond donors (Lipinski definition) is 0. The van der Waals surface area contributed by atoms with Crippen molar-refractivity contribution in [2.45, 2.75) is 45.6 Å². The van der Waals surface area contributed by atoms with Gasteiger partial charge in [-0.25, -0.2) is 0 Å². The first-order valence-corrected chi connectivity index (χ1v) is 9.19. The molecule has 0 radical (unpaired) electrons. The number of amides is 1. The van der Waals surface area contributed by atoms with Gasteiger partial charge in [0, 0.05) is 18.5 Å². The Morgan fingerprint density at radius 2 is 1.92 bits per heavy atom. The van der Waals surface area contributed by atoms with Crippen LogP contribution in [0.25, 0.3) is 11.0 Å². The first-order chi connectivity index (χ1) is 11.7. The van der Waals surface area contributed by atoms with E-state index in [2.05, 4.69) is 30.9 Å². The van der Waals surface area contributed by atoms with E-state index in [-0.39, 0.29) is 11.9 Å². The number of hydrogen-bond acceptors (Lipinski definition) is 3. The van der Waals surface area contributed by atoms with E-state index in [1.54, 1.807) is 0 Å². The third-order valence-electron chi connectivity index (χ3n) is 5.11. The number of carbonyl (C=O) groups is 1. The van der Waals surface area contributed by atoms with Crippen LogP contribution in [0.3, 0.4) is 0 Å². The van der Waals surface area contributed by atoms with Crippen molar-refractivity contribution in [3.63, 3.8) is 0 Å². The van der Waals surface area contributed by atoms with Gasteiger partial charge in [-0.3, -0.25) is 9.69 Å². The molecule has 2 heterocycles. The largest absolute Gasteiger partial charge is 0.459 e. The summed E-state index contributed by atoms with van der Waals surface area (Å²) in [6, 6.07) is 10.3. The van der Waals surface area contributed by atoms with Crippen LogP contribution in [0.15, 0.2) is 34.7 Å². The van der Waals surface area contributed by atoms with Crippen molar-refractivity contribution in [3.8, 4) is 0 Å². The molecular formula is C20H28N2O2. The third kappa shape index (κ3) is 3.81. The van der Waals surface area contributed by atoms with Gasteiger partial charge >= 0.3 is 0 Å². The van der Waals surface area contributed by atoms with Gasteiger partial charge in [-0.1, -0.05) is 38.0 Å². The van der Waals surface area contributed by atoms with Crippen LogP contribution in [0.1, 0.15) is 51.3 Å². The zero-order valence-corrected chi connectivity index (χ0v) is 14.8. The summed E-state index contributed by atoms with van der Waals surface area (Å²) < 4.78 is 5.99. The molecule has 3 rings (SSSR count). The van der Waals surface area contributed by atoms with E-state index in [1.165, 1.54) is 12.8 Å². The van der Waals surface area contributed by atoms with E-state index in [4.69, 9.17) is 4.42 Å². The molecule has 130 valence electrons. The van der Waals surface area contributed by atoms with Gasteiger partial charge in [0.15, 0.2) is 0 Å². The van der Waals surface area contributed by atoms with Gasteiger partial charge < -0.3 is 9.32 Å². The summed E-state index contributed by atoms with van der Waals surface area (Å²) in [5, 5.41) is 1.12. The summed E-state index contributed by atoms with van der Waals surface area (Å²) in [6.07, 6.45) is 4.77. The van der Waals surface area contributed by atoms with Crippen molar-refractivity contribution in [1.82, 2.24) is 9.80 Å². The molecule has 1 aromatic heterocycles. The van der Waals surface area contributed by atoms with E-state index in [9.17, 15) is 4.79 Å². The summed E-state index contributed by atoms with van der Waals surface area (Å²) in [5.41, 5.74) is 0.911. The second-order valence-corrected chi connectivity index (χ2v) is 6.72. The van der Waals surface area contributed by atoms with Gasteiger partial charge in [0.05, 0.1) is 12.6 Å². The van der Waals surface area contributed by atoms with Crippen LogP contribution in [-0.4, -0.2) is 41.9 Å². The Kier molecular flexibility index (Phi) is 5.56. The molecule has 1 aromatic carbocycles. The van der Waals surface area contributed by atoms with Crippen molar-refractivity contribution in [2.24, 2.45) is 0 Å². The maximum atomic E-state index is 12.7. The van der Waals surface area contributed by atoms with E-state index < -0.39 is 0 Å². The molecule has 0 N–H and O–H groups in total.